The molecule has 0 bridgehead atoms. The molecule has 0 unspecified atom stereocenters. The fraction of sp³-hybridized carbons (Fsp3) is 0.200. The highest BCUT2D eigenvalue weighted by Gasteiger charge is 2.18. The van der Waals surface area contributed by atoms with E-state index in [9.17, 15) is 4.79 Å². The van der Waals surface area contributed by atoms with Crippen LogP contribution >= 0.6 is 31.9 Å². The van der Waals surface area contributed by atoms with Gasteiger partial charge < -0.3 is 14.9 Å². The van der Waals surface area contributed by atoms with Crippen molar-refractivity contribution in [3.05, 3.63) is 68.1 Å². The molecule has 0 saturated carbocycles. The summed E-state index contributed by atoms with van der Waals surface area (Å²) >= 11 is 6.77. The van der Waals surface area contributed by atoms with Gasteiger partial charge in [-0.05, 0) is 56.0 Å². The molecule has 0 heterocycles. The summed E-state index contributed by atoms with van der Waals surface area (Å²) in [4.78, 5) is 17.0. The molecular weight excluding hydrogens is 476 g/mol. The average Bonchev–Trinajstić information content (AvgIpc) is 2.65. The molecule has 1 amide bonds. The molecule has 0 aliphatic rings. The highest BCUT2D eigenvalue weighted by atomic mass is 79.9. The zero-order valence-corrected chi connectivity index (χ0v) is 18.4. The van der Waals surface area contributed by atoms with Gasteiger partial charge in [-0.1, -0.05) is 47.6 Å². The van der Waals surface area contributed by atoms with Crippen molar-refractivity contribution in [2.75, 3.05) is 14.2 Å². The lowest BCUT2D eigenvalue weighted by Gasteiger charge is -2.15. The summed E-state index contributed by atoms with van der Waals surface area (Å²) in [5.41, 5.74) is 3.64. The fourth-order valence-corrected chi connectivity index (χ4v) is 3.05. The van der Waals surface area contributed by atoms with Gasteiger partial charge in [0, 0.05) is 18.2 Å². The van der Waals surface area contributed by atoms with E-state index in [0.29, 0.717) is 5.56 Å². The summed E-state index contributed by atoms with van der Waals surface area (Å²) in [7, 11) is 2.96. The van der Waals surface area contributed by atoms with Gasteiger partial charge in [-0.3, -0.25) is 4.79 Å². The van der Waals surface area contributed by atoms with Crippen LogP contribution < -0.4 is 10.1 Å². The summed E-state index contributed by atoms with van der Waals surface area (Å²) < 4.78 is 6.94. The van der Waals surface area contributed by atoms with E-state index in [1.165, 1.54) is 7.11 Å². The number of para-hydroxylation sites is 1. The van der Waals surface area contributed by atoms with Crippen LogP contribution in [0, 0.1) is 6.92 Å². The number of likely N-dealkylation sites (N-methyl/N-ethyl adjacent to an activating group) is 1. The van der Waals surface area contributed by atoms with Crippen molar-refractivity contribution in [2.45, 2.75) is 13.5 Å². The SMILES string of the molecule is CNC(=O)/C(=N/OC)c1ccccc1COc1c(C)cccc1C=C(Br)Br. The number of carbonyl (C=O) groups excluding carboxylic acids is 1. The monoisotopic (exact) mass is 494 g/mol. The van der Waals surface area contributed by atoms with Gasteiger partial charge in [-0.25, -0.2) is 0 Å². The smallest absolute Gasteiger partial charge is 0.273 e. The summed E-state index contributed by atoms with van der Waals surface area (Å²) in [5.74, 6) is 0.445. The van der Waals surface area contributed by atoms with E-state index in [1.54, 1.807) is 7.05 Å². The Labute approximate surface area is 175 Å². The van der Waals surface area contributed by atoms with Crippen molar-refractivity contribution >= 4 is 49.6 Å². The Bertz CT molecular complexity index is 875. The van der Waals surface area contributed by atoms with Gasteiger partial charge in [0.2, 0.25) is 0 Å². The number of ether oxygens (including phenoxy) is 1. The third-order valence-electron chi connectivity index (χ3n) is 3.78. The molecule has 2 rings (SSSR count). The second-order valence-corrected chi connectivity index (χ2v) is 8.35. The van der Waals surface area contributed by atoms with Crippen molar-refractivity contribution < 1.29 is 14.4 Å². The molecule has 2 aromatic carbocycles. The van der Waals surface area contributed by atoms with Crippen LogP contribution in [0.25, 0.3) is 6.08 Å². The number of nitrogens with zero attached hydrogens (tertiary/aromatic N) is 1. The van der Waals surface area contributed by atoms with Gasteiger partial charge in [-0.2, -0.15) is 0 Å². The van der Waals surface area contributed by atoms with Crippen LogP contribution in [-0.2, 0) is 16.2 Å². The first-order valence-electron chi connectivity index (χ1n) is 8.14. The van der Waals surface area contributed by atoms with Crippen LogP contribution in [0.1, 0.15) is 22.3 Å². The summed E-state index contributed by atoms with van der Waals surface area (Å²) in [6.45, 7) is 2.27. The minimum Gasteiger partial charge on any atom is -0.488 e. The lowest BCUT2D eigenvalue weighted by molar-refractivity contribution is -0.114. The Kier molecular flexibility index (Phi) is 8.06. The zero-order valence-electron chi connectivity index (χ0n) is 15.3. The molecule has 0 radical (unpaired) electrons. The molecule has 0 saturated heterocycles. The van der Waals surface area contributed by atoms with Crippen molar-refractivity contribution in [1.82, 2.24) is 5.32 Å². The largest absolute Gasteiger partial charge is 0.488 e. The first-order valence-corrected chi connectivity index (χ1v) is 9.73. The molecule has 1 N–H and O–H groups in total. The fourth-order valence-electron chi connectivity index (χ4n) is 2.55. The number of carbonyl (C=O) groups is 1. The van der Waals surface area contributed by atoms with Crippen molar-refractivity contribution in [2.24, 2.45) is 5.16 Å². The molecule has 5 nitrogen and oxygen atoms in total. The highest BCUT2D eigenvalue weighted by Crippen LogP contribution is 2.29. The zero-order chi connectivity index (χ0) is 19.8. The van der Waals surface area contributed by atoms with Crippen LogP contribution in [-0.4, -0.2) is 25.8 Å². The maximum Gasteiger partial charge on any atom is 0.273 e. The van der Waals surface area contributed by atoms with E-state index in [2.05, 4.69) is 42.3 Å². The molecule has 0 aliphatic heterocycles. The molecule has 0 atom stereocenters. The number of hydrogen-bond acceptors (Lipinski definition) is 4. The number of nitrogens with one attached hydrogen (secondary N) is 1. The Morgan fingerprint density at radius 1 is 1.19 bits per heavy atom. The van der Waals surface area contributed by atoms with E-state index in [1.807, 2.05) is 55.5 Å². The van der Waals surface area contributed by atoms with Gasteiger partial charge in [0.1, 0.15) is 19.5 Å². The average molecular weight is 496 g/mol. The van der Waals surface area contributed by atoms with E-state index in [-0.39, 0.29) is 18.2 Å². The maximum atomic E-state index is 12.2. The molecule has 0 aromatic heterocycles. The van der Waals surface area contributed by atoms with E-state index < -0.39 is 0 Å². The lowest BCUT2D eigenvalue weighted by atomic mass is 10.0. The highest BCUT2D eigenvalue weighted by molar-refractivity contribution is 9.28. The molecule has 0 aliphatic carbocycles. The first kappa shape index (κ1) is 21.2. The molecule has 0 fully saturated rings. The third-order valence-corrected chi connectivity index (χ3v) is 4.23. The number of halogens is 2. The minimum atomic E-state index is -0.327. The predicted octanol–water partition coefficient (Wildman–Crippen LogP) is 4.76. The van der Waals surface area contributed by atoms with E-state index in [0.717, 1.165) is 25.8 Å². The molecule has 0 spiro atoms. The standard InChI is InChI=1S/C20H20Br2N2O3/c1-13-7-6-9-14(11-17(21)22)19(13)27-12-15-8-4-5-10-16(15)18(24-26-3)20(25)23-2/h4-11H,12H2,1-3H3,(H,23,25)/b24-18+. The van der Waals surface area contributed by atoms with E-state index in [4.69, 9.17) is 9.57 Å². The predicted molar refractivity (Wildman–Crippen MR) is 115 cm³/mol. The molecule has 2 aromatic rings. The van der Waals surface area contributed by atoms with Gasteiger partial charge in [-0.15, -0.1) is 0 Å². The number of oxime groups is 1. The van der Waals surface area contributed by atoms with Gasteiger partial charge in [0.15, 0.2) is 5.71 Å². The second kappa shape index (κ2) is 10.3. The summed E-state index contributed by atoms with van der Waals surface area (Å²) in [6.07, 6.45) is 1.93. The van der Waals surface area contributed by atoms with Gasteiger partial charge in [0.25, 0.3) is 5.91 Å². The number of rotatable bonds is 7. The Balaban J connectivity index is 2.37. The van der Waals surface area contributed by atoms with Gasteiger partial charge >= 0.3 is 0 Å². The summed E-state index contributed by atoms with van der Waals surface area (Å²) in [5, 5.41) is 6.46. The molecule has 142 valence electrons. The summed E-state index contributed by atoms with van der Waals surface area (Å²) in [6, 6.07) is 13.4. The maximum absolute atomic E-state index is 12.2. The van der Waals surface area contributed by atoms with Crippen LogP contribution in [0.15, 0.2) is 51.0 Å². The van der Waals surface area contributed by atoms with Crippen LogP contribution in [0.2, 0.25) is 0 Å². The third kappa shape index (κ3) is 5.68. The van der Waals surface area contributed by atoms with Crippen LogP contribution in [0.3, 0.4) is 0 Å². The lowest BCUT2D eigenvalue weighted by Crippen LogP contribution is -2.29. The molecular formula is C20H20Br2N2O3. The Morgan fingerprint density at radius 2 is 1.93 bits per heavy atom. The van der Waals surface area contributed by atoms with Crippen molar-refractivity contribution in [3.63, 3.8) is 0 Å². The van der Waals surface area contributed by atoms with E-state index >= 15 is 0 Å². The first-order chi connectivity index (χ1) is 13.0. The second-order valence-electron chi connectivity index (χ2n) is 5.57. The van der Waals surface area contributed by atoms with Crippen LogP contribution in [0.5, 0.6) is 5.75 Å². The Hall–Kier alpha value is -2.12. The normalized spacial score (nSPS) is 10.9. The number of hydrogen-bond donors (Lipinski definition) is 1. The topological polar surface area (TPSA) is 59.9 Å². The quantitative estimate of drug-likeness (QED) is 0.445. The number of amides is 1. The number of benzene rings is 2. The molecule has 7 heteroatoms. The number of aryl methyl sites for hydroxylation is 1. The minimum absolute atomic E-state index is 0.201. The van der Waals surface area contributed by atoms with Gasteiger partial charge in [0.05, 0.1) is 3.39 Å². The van der Waals surface area contributed by atoms with Crippen molar-refractivity contribution in [3.8, 4) is 5.75 Å². The van der Waals surface area contributed by atoms with Crippen LogP contribution in [0.4, 0.5) is 0 Å². The van der Waals surface area contributed by atoms with Crippen molar-refractivity contribution in [1.29, 1.82) is 0 Å². The molecule has 27 heavy (non-hydrogen) atoms. The Morgan fingerprint density at radius 3 is 2.59 bits per heavy atom.